The average Bonchev–Trinajstić information content (AvgIpc) is 2.67. The summed E-state index contributed by atoms with van der Waals surface area (Å²) in [6.45, 7) is 6.51. The third-order valence-corrected chi connectivity index (χ3v) is 4.32. The minimum Gasteiger partial charge on any atom is -0.494 e. The van der Waals surface area contributed by atoms with Crippen LogP contribution in [0.2, 0.25) is 5.02 Å². The second-order valence-corrected chi connectivity index (χ2v) is 7.16. The number of nitrogens with one attached hydrogen (secondary N) is 2. The van der Waals surface area contributed by atoms with Crippen molar-refractivity contribution in [3.8, 4) is 11.5 Å². The van der Waals surface area contributed by atoms with Gasteiger partial charge in [0.05, 0.1) is 6.61 Å². The van der Waals surface area contributed by atoms with Crippen molar-refractivity contribution in [1.29, 1.82) is 0 Å². The quantitative estimate of drug-likeness (QED) is 0.654. The zero-order valence-corrected chi connectivity index (χ0v) is 17.0. The third kappa shape index (κ3) is 7.12. The highest BCUT2D eigenvalue weighted by molar-refractivity contribution is 6.31. The first-order chi connectivity index (χ1) is 13.3. The van der Waals surface area contributed by atoms with E-state index in [-0.39, 0.29) is 6.61 Å². The van der Waals surface area contributed by atoms with Crippen molar-refractivity contribution < 1.29 is 19.1 Å². The Morgan fingerprint density at radius 3 is 2.32 bits per heavy atom. The standard InChI is InChI=1S/C21H25ClN2O4/c1-14(2)10-11-27-17-6-4-16(5-7-17)21(26)24-23-20(25)13-28-18-8-9-19(22)15(3)12-18/h4-9,12,14H,10-11,13H2,1-3H3,(H,23,25)(H,24,26). The Bertz CT molecular complexity index is 807. The zero-order chi connectivity index (χ0) is 20.5. The molecular formula is C21H25ClN2O4. The Morgan fingerprint density at radius 2 is 1.68 bits per heavy atom. The maximum absolute atomic E-state index is 12.1. The van der Waals surface area contributed by atoms with Gasteiger partial charge in [0.15, 0.2) is 6.61 Å². The molecule has 6 nitrogen and oxygen atoms in total. The molecule has 2 aromatic carbocycles. The van der Waals surface area contributed by atoms with Crippen LogP contribution in [-0.2, 0) is 4.79 Å². The fraction of sp³-hybridized carbons (Fsp3) is 0.333. The number of benzene rings is 2. The molecule has 2 N–H and O–H groups in total. The van der Waals surface area contributed by atoms with Crippen LogP contribution in [0, 0.1) is 12.8 Å². The summed E-state index contributed by atoms with van der Waals surface area (Å²) in [5.41, 5.74) is 5.93. The summed E-state index contributed by atoms with van der Waals surface area (Å²) in [4.78, 5) is 23.9. The van der Waals surface area contributed by atoms with Gasteiger partial charge in [-0.25, -0.2) is 0 Å². The molecule has 0 bridgehead atoms. The van der Waals surface area contributed by atoms with E-state index in [4.69, 9.17) is 21.1 Å². The second kappa shape index (κ2) is 10.6. The number of carbonyl (C=O) groups is 2. The first-order valence-electron chi connectivity index (χ1n) is 9.06. The van der Waals surface area contributed by atoms with Crippen molar-refractivity contribution in [3.63, 3.8) is 0 Å². The monoisotopic (exact) mass is 404 g/mol. The van der Waals surface area contributed by atoms with Gasteiger partial charge in [0.2, 0.25) is 0 Å². The lowest BCUT2D eigenvalue weighted by molar-refractivity contribution is -0.123. The number of hydrazine groups is 1. The maximum atomic E-state index is 12.1. The number of rotatable bonds is 8. The molecule has 0 radical (unpaired) electrons. The molecule has 0 heterocycles. The largest absolute Gasteiger partial charge is 0.494 e. The van der Waals surface area contributed by atoms with E-state index in [2.05, 4.69) is 24.7 Å². The molecule has 0 fully saturated rings. The van der Waals surface area contributed by atoms with Crippen LogP contribution in [-0.4, -0.2) is 25.0 Å². The Hall–Kier alpha value is -2.73. The van der Waals surface area contributed by atoms with Gasteiger partial charge in [-0.1, -0.05) is 25.4 Å². The van der Waals surface area contributed by atoms with Crippen LogP contribution in [0.4, 0.5) is 0 Å². The van der Waals surface area contributed by atoms with Crippen molar-refractivity contribution in [2.75, 3.05) is 13.2 Å². The SMILES string of the molecule is Cc1cc(OCC(=O)NNC(=O)c2ccc(OCCC(C)C)cc2)ccc1Cl. The van der Waals surface area contributed by atoms with Crippen LogP contribution >= 0.6 is 11.6 Å². The molecule has 2 aromatic rings. The van der Waals surface area contributed by atoms with Crippen LogP contribution in [0.25, 0.3) is 0 Å². The van der Waals surface area contributed by atoms with Crippen LogP contribution < -0.4 is 20.3 Å². The summed E-state index contributed by atoms with van der Waals surface area (Å²) < 4.78 is 11.0. The van der Waals surface area contributed by atoms with E-state index >= 15 is 0 Å². The summed E-state index contributed by atoms with van der Waals surface area (Å²) in [5.74, 6) is 0.893. The van der Waals surface area contributed by atoms with Gasteiger partial charge in [0.25, 0.3) is 11.8 Å². The summed E-state index contributed by atoms with van der Waals surface area (Å²) in [6, 6.07) is 11.8. The zero-order valence-electron chi connectivity index (χ0n) is 16.3. The van der Waals surface area contributed by atoms with Gasteiger partial charge < -0.3 is 9.47 Å². The predicted octanol–water partition coefficient (Wildman–Crippen LogP) is 3.91. The molecule has 0 saturated carbocycles. The lowest BCUT2D eigenvalue weighted by atomic mass is 10.1. The van der Waals surface area contributed by atoms with Crippen molar-refractivity contribution in [3.05, 3.63) is 58.6 Å². The Kier molecular flexibility index (Phi) is 8.14. The number of ether oxygens (including phenoxy) is 2. The van der Waals surface area contributed by atoms with Crippen LogP contribution in [0.5, 0.6) is 11.5 Å². The number of aryl methyl sites for hydroxylation is 1. The lowest BCUT2D eigenvalue weighted by Crippen LogP contribution is -2.43. The summed E-state index contributed by atoms with van der Waals surface area (Å²) in [7, 11) is 0. The minimum absolute atomic E-state index is 0.232. The molecule has 0 saturated heterocycles. The number of hydrogen-bond donors (Lipinski definition) is 2. The molecule has 0 aromatic heterocycles. The molecule has 0 aliphatic rings. The van der Waals surface area contributed by atoms with Crippen molar-refractivity contribution in [1.82, 2.24) is 10.9 Å². The van der Waals surface area contributed by atoms with Gasteiger partial charge in [0.1, 0.15) is 11.5 Å². The van der Waals surface area contributed by atoms with Gasteiger partial charge in [-0.3, -0.25) is 20.4 Å². The molecule has 0 aliphatic heterocycles. The second-order valence-electron chi connectivity index (χ2n) is 6.76. The molecule has 2 amide bonds. The van der Waals surface area contributed by atoms with Crippen molar-refractivity contribution in [2.45, 2.75) is 27.2 Å². The highest BCUT2D eigenvalue weighted by Gasteiger charge is 2.09. The normalized spacial score (nSPS) is 10.5. The lowest BCUT2D eigenvalue weighted by Gasteiger charge is -2.10. The van der Waals surface area contributed by atoms with Crippen molar-refractivity contribution >= 4 is 23.4 Å². The Morgan fingerprint density at radius 1 is 1.00 bits per heavy atom. The Labute approximate surface area is 170 Å². The van der Waals surface area contributed by atoms with E-state index in [0.717, 1.165) is 12.0 Å². The molecule has 0 unspecified atom stereocenters. The van der Waals surface area contributed by atoms with E-state index in [9.17, 15) is 9.59 Å². The van der Waals surface area contributed by atoms with Gasteiger partial charge in [-0.05, 0) is 67.3 Å². The molecule has 0 aliphatic carbocycles. The number of carbonyl (C=O) groups excluding carboxylic acids is 2. The fourth-order valence-corrected chi connectivity index (χ4v) is 2.32. The van der Waals surface area contributed by atoms with Gasteiger partial charge in [-0.2, -0.15) is 0 Å². The van der Waals surface area contributed by atoms with E-state index in [1.807, 2.05) is 6.92 Å². The van der Waals surface area contributed by atoms with Gasteiger partial charge in [-0.15, -0.1) is 0 Å². The maximum Gasteiger partial charge on any atom is 0.276 e. The van der Waals surface area contributed by atoms with Gasteiger partial charge >= 0.3 is 0 Å². The molecule has 28 heavy (non-hydrogen) atoms. The molecule has 0 spiro atoms. The topological polar surface area (TPSA) is 76.7 Å². The van der Waals surface area contributed by atoms with Crippen LogP contribution in [0.1, 0.15) is 36.2 Å². The number of halogens is 1. The van der Waals surface area contributed by atoms with Crippen molar-refractivity contribution in [2.24, 2.45) is 5.92 Å². The Balaban J connectivity index is 1.74. The van der Waals surface area contributed by atoms with Crippen LogP contribution in [0.3, 0.4) is 0 Å². The summed E-state index contributed by atoms with van der Waals surface area (Å²) in [5, 5.41) is 0.625. The van der Waals surface area contributed by atoms with E-state index in [1.165, 1.54) is 0 Å². The van der Waals surface area contributed by atoms with E-state index in [0.29, 0.717) is 34.6 Å². The highest BCUT2D eigenvalue weighted by Crippen LogP contribution is 2.20. The number of hydrogen-bond acceptors (Lipinski definition) is 4. The fourth-order valence-electron chi connectivity index (χ4n) is 2.21. The van der Waals surface area contributed by atoms with E-state index in [1.54, 1.807) is 42.5 Å². The summed E-state index contributed by atoms with van der Waals surface area (Å²) >= 11 is 5.94. The molecular weight excluding hydrogens is 380 g/mol. The summed E-state index contributed by atoms with van der Waals surface area (Å²) in [6.07, 6.45) is 0.964. The molecule has 7 heteroatoms. The smallest absolute Gasteiger partial charge is 0.276 e. The first-order valence-corrected chi connectivity index (χ1v) is 9.44. The van der Waals surface area contributed by atoms with E-state index < -0.39 is 11.8 Å². The first kappa shape index (κ1) is 21.6. The van der Waals surface area contributed by atoms with Crippen LogP contribution in [0.15, 0.2) is 42.5 Å². The average molecular weight is 405 g/mol. The molecule has 150 valence electrons. The number of amides is 2. The highest BCUT2D eigenvalue weighted by atomic mass is 35.5. The van der Waals surface area contributed by atoms with Gasteiger partial charge in [0, 0.05) is 10.6 Å². The molecule has 0 atom stereocenters. The third-order valence-electron chi connectivity index (χ3n) is 3.90. The molecule has 2 rings (SSSR count). The predicted molar refractivity (Wildman–Crippen MR) is 109 cm³/mol. The minimum atomic E-state index is -0.477.